The van der Waals surface area contributed by atoms with Gasteiger partial charge in [0.15, 0.2) is 0 Å². The maximum absolute atomic E-state index is 3.61. The van der Waals surface area contributed by atoms with E-state index in [-0.39, 0.29) is 0 Å². The third-order valence-electron chi connectivity index (χ3n) is 5.34. The summed E-state index contributed by atoms with van der Waals surface area (Å²) >= 11 is 0. The summed E-state index contributed by atoms with van der Waals surface area (Å²) in [5, 5.41) is 3.61. The van der Waals surface area contributed by atoms with Crippen molar-refractivity contribution >= 4 is 0 Å². The Morgan fingerprint density at radius 2 is 2.11 bits per heavy atom. The lowest BCUT2D eigenvalue weighted by Gasteiger charge is -2.16. The van der Waals surface area contributed by atoms with Crippen molar-refractivity contribution in [2.45, 2.75) is 57.4 Å². The number of benzene rings is 1. The number of rotatable bonds is 6. The lowest BCUT2D eigenvalue weighted by Crippen LogP contribution is -2.28. The van der Waals surface area contributed by atoms with E-state index in [1.165, 1.54) is 38.5 Å². The van der Waals surface area contributed by atoms with Gasteiger partial charge in [0.2, 0.25) is 0 Å². The highest BCUT2D eigenvalue weighted by Gasteiger charge is 2.55. The molecule has 0 aliphatic heterocycles. The van der Waals surface area contributed by atoms with Crippen LogP contribution in [-0.2, 0) is 6.42 Å². The summed E-state index contributed by atoms with van der Waals surface area (Å²) in [4.78, 5) is 0. The number of hydrogen-bond acceptors (Lipinski definition) is 1. The average molecular weight is 257 g/mol. The van der Waals surface area contributed by atoms with Crippen LogP contribution in [-0.4, -0.2) is 13.1 Å². The summed E-state index contributed by atoms with van der Waals surface area (Å²) in [6.07, 6.45) is 8.19. The quantitative estimate of drug-likeness (QED) is 0.756. The van der Waals surface area contributed by atoms with Gasteiger partial charge in [-0.25, -0.2) is 0 Å². The minimum Gasteiger partial charge on any atom is -0.317 e. The maximum Gasteiger partial charge on any atom is 0.0101 e. The summed E-state index contributed by atoms with van der Waals surface area (Å²) in [6.45, 7) is 2.29. The van der Waals surface area contributed by atoms with E-state index in [9.17, 15) is 0 Å². The summed E-state index contributed by atoms with van der Waals surface area (Å²) in [5.74, 6) is 2.74. The highest BCUT2D eigenvalue weighted by Crippen LogP contribution is 2.61. The largest absolute Gasteiger partial charge is 0.317 e. The normalized spacial score (nSPS) is 29.5. The van der Waals surface area contributed by atoms with Crippen LogP contribution in [0.25, 0.3) is 0 Å². The predicted molar refractivity (Wildman–Crippen MR) is 81.5 cm³/mol. The fourth-order valence-electron chi connectivity index (χ4n) is 4.31. The molecule has 1 saturated carbocycles. The first-order chi connectivity index (χ1) is 9.36. The molecule has 0 heterocycles. The lowest BCUT2D eigenvalue weighted by molar-refractivity contribution is 0.422. The SMILES string of the molecule is CCCCCC(NC)C1C2CCc3ccccc3C21. The van der Waals surface area contributed by atoms with Crippen molar-refractivity contribution in [1.82, 2.24) is 5.32 Å². The number of hydrogen-bond donors (Lipinski definition) is 1. The van der Waals surface area contributed by atoms with Gasteiger partial charge in [-0.2, -0.15) is 0 Å². The third-order valence-corrected chi connectivity index (χ3v) is 5.34. The second-order valence-electron chi connectivity index (χ2n) is 6.40. The van der Waals surface area contributed by atoms with Crippen LogP contribution in [0, 0.1) is 11.8 Å². The van der Waals surface area contributed by atoms with Crippen LogP contribution < -0.4 is 5.32 Å². The molecule has 1 fully saturated rings. The Hall–Kier alpha value is -0.820. The van der Waals surface area contributed by atoms with Gasteiger partial charge in [0.05, 0.1) is 0 Å². The fraction of sp³-hybridized carbons (Fsp3) is 0.667. The van der Waals surface area contributed by atoms with E-state index in [0.717, 1.165) is 23.8 Å². The number of fused-ring (bicyclic) bond motifs is 3. The highest BCUT2D eigenvalue weighted by atomic mass is 14.9. The van der Waals surface area contributed by atoms with Gasteiger partial charge in [-0.05, 0) is 55.2 Å². The molecule has 3 rings (SSSR count). The van der Waals surface area contributed by atoms with Crippen LogP contribution in [0.2, 0.25) is 0 Å². The smallest absolute Gasteiger partial charge is 0.0101 e. The lowest BCUT2D eigenvalue weighted by atomic mass is 9.92. The zero-order chi connectivity index (χ0) is 13.2. The molecule has 2 aliphatic rings. The Kier molecular flexibility index (Phi) is 3.93. The topological polar surface area (TPSA) is 12.0 Å². The average Bonchev–Trinajstić information content (AvgIpc) is 3.18. The van der Waals surface area contributed by atoms with Crippen LogP contribution in [0.4, 0.5) is 0 Å². The molecule has 4 atom stereocenters. The van der Waals surface area contributed by atoms with Crippen LogP contribution in [0.15, 0.2) is 24.3 Å². The molecule has 19 heavy (non-hydrogen) atoms. The summed E-state index contributed by atoms with van der Waals surface area (Å²) in [5.41, 5.74) is 3.29. The molecule has 0 saturated heterocycles. The van der Waals surface area contributed by atoms with E-state index in [4.69, 9.17) is 0 Å². The van der Waals surface area contributed by atoms with Gasteiger partial charge < -0.3 is 5.32 Å². The second-order valence-corrected chi connectivity index (χ2v) is 6.40. The van der Waals surface area contributed by atoms with E-state index >= 15 is 0 Å². The van der Waals surface area contributed by atoms with Gasteiger partial charge in [-0.15, -0.1) is 0 Å². The van der Waals surface area contributed by atoms with Crippen molar-refractivity contribution in [3.63, 3.8) is 0 Å². The van der Waals surface area contributed by atoms with E-state index < -0.39 is 0 Å². The summed E-state index contributed by atoms with van der Waals surface area (Å²) in [6, 6.07) is 9.89. The molecule has 2 aliphatic carbocycles. The van der Waals surface area contributed by atoms with E-state index in [1.54, 1.807) is 11.1 Å². The second kappa shape index (κ2) is 5.66. The van der Waals surface area contributed by atoms with Crippen molar-refractivity contribution in [2.24, 2.45) is 11.8 Å². The molecular weight excluding hydrogens is 230 g/mol. The van der Waals surface area contributed by atoms with Gasteiger partial charge in [0.1, 0.15) is 0 Å². The van der Waals surface area contributed by atoms with Gasteiger partial charge in [-0.1, -0.05) is 50.5 Å². The molecule has 104 valence electrons. The van der Waals surface area contributed by atoms with E-state index in [1.807, 2.05) is 0 Å². The van der Waals surface area contributed by atoms with Gasteiger partial charge in [0.25, 0.3) is 0 Å². The zero-order valence-corrected chi connectivity index (χ0v) is 12.4. The monoisotopic (exact) mass is 257 g/mol. The maximum atomic E-state index is 3.61. The van der Waals surface area contributed by atoms with E-state index in [0.29, 0.717) is 0 Å². The van der Waals surface area contributed by atoms with Crippen LogP contribution >= 0.6 is 0 Å². The van der Waals surface area contributed by atoms with Crippen LogP contribution in [0.1, 0.15) is 56.1 Å². The van der Waals surface area contributed by atoms with Crippen molar-refractivity contribution in [3.05, 3.63) is 35.4 Å². The summed E-state index contributed by atoms with van der Waals surface area (Å²) < 4.78 is 0. The molecule has 0 amide bonds. The van der Waals surface area contributed by atoms with Crippen molar-refractivity contribution in [1.29, 1.82) is 0 Å². The molecule has 0 radical (unpaired) electrons. The molecular formula is C18H27N. The minimum absolute atomic E-state index is 0.743. The van der Waals surface area contributed by atoms with Gasteiger partial charge in [-0.3, -0.25) is 0 Å². The Morgan fingerprint density at radius 1 is 1.26 bits per heavy atom. The molecule has 0 aromatic heterocycles. The highest BCUT2D eigenvalue weighted by molar-refractivity contribution is 5.40. The standard InChI is InChI=1S/C18H27N/c1-3-4-5-10-16(19-2)18-15-12-11-13-8-6-7-9-14(13)17(15)18/h6-9,15-19H,3-5,10-12H2,1-2H3. The number of aryl methyl sites for hydroxylation is 1. The minimum atomic E-state index is 0.743. The zero-order valence-electron chi connectivity index (χ0n) is 12.4. The predicted octanol–water partition coefficient (Wildman–Crippen LogP) is 4.13. The molecule has 0 bridgehead atoms. The van der Waals surface area contributed by atoms with Gasteiger partial charge >= 0.3 is 0 Å². The Morgan fingerprint density at radius 3 is 2.89 bits per heavy atom. The fourth-order valence-corrected chi connectivity index (χ4v) is 4.31. The molecule has 1 heteroatoms. The first-order valence-corrected chi connectivity index (χ1v) is 8.12. The van der Waals surface area contributed by atoms with Crippen molar-refractivity contribution in [2.75, 3.05) is 7.05 Å². The molecule has 4 unspecified atom stereocenters. The molecule has 1 nitrogen and oxygen atoms in total. The Labute approximate surface area is 117 Å². The van der Waals surface area contributed by atoms with Crippen molar-refractivity contribution in [3.8, 4) is 0 Å². The van der Waals surface area contributed by atoms with Gasteiger partial charge in [0, 0.05) is 6.04 Å². The van der Waals surface area contributed by atoms with Crippen molar-refractivity contribution < 1.29 is 0 Å². The number of unbranched alkanes of at least 4 members (excludes halogenated alkanes) is 2. The molecule has 0 spiro atoms. The molecule has 1 aromatic carbocycles. The Bertz CT molecular complexity index is 425. The first kappa shape index (κ1) is 13.2. The molecule has 1 N–H and O–H groups in total. The molecule has 1 aromatic rings. The summed E-state index contributed by atoms with van der Waals surface area (Å²) in [7, 11) is 2.16. The third kappa shape index (κ3) is 2.45. The number of nitrogens with one attached hydrogen (secondary N) is 1. The Balaban J connectivity index is 1.68. The van der Waals surface area contributed by atoms with Crippen LogP contribution in [0.3, 0.4) is 0 Å². The first-order valence-electron chi connectivity index (χ1n) is 8.12. The van der Waals surface area contributed by atoms with Crippen LogP contribution in [0.5, 0.6) is 0 Å². The van der Waals surface area contributed by atoms with E-state index in [2.05, 4.69) is 43.6 Å².